The Morgan fingerprint density at radius 1 is 0.135 bits per heavy atom. The van der Waals surface area contributed by atoms with Gasteiger partial charge in [-0.15, -0.1) is 0 Å². The molecule has 0 aromatic heterocycles. The molecule has 0 bridgehead atoms. The Labute approximate surface area is 829 Å². The highest BCUT2D eigenvalue weighted by Crippen LogP contribution is 2.60. The molecule has 0 aliphatic heterocycles. The molecule has 3 nitrogen and oxygen atoms in total. The normalized spacial score (nSPS) is 14.7. The molecule has 141 heavy (non-hydrogen) atoms. The number of hydrogen-bond donors (Lipinski definition) is 0. The molecule has 0 saturated heterocycles. The van der Waals surface area contributed by atoms with Gasteiger partial charge in [0.25, 0.3) is 0 Å². The zero-order chi connectivity index (χ0) is 95.7. The summed E-state index contributed by atoms with van der Waals surface area (Å²) in [7, 11) is 0. The minimum Gasteiger partial charge on any atom is -0.310 e. The highest BCUT2D eigenvalue weighted by Gasteiger charge is 2.44. The third-order valence-electron chi connectivity index (χ3n) is 32.6. The molecule has 3 heteroatoms. The van der Waals surface area contributed by atoms with Gasteiger partial charge < -0.3 is 14.7 Å². The number of benzene rings is 21. The van der Waals surface area contributed by atoms with E-state index in [4.69, 9.17) is 0 Å². The lowest BCUT2D eigenvalue weighted by Crippen LogP contribution is -2.21. The average molecular weight is 1810 g/mol. The molecular weight excluding hydrogens is 1700 g/mol. The fraction of sp³-hybridized carbons (Fsp3) is 0.130. The van der Waals surface area contributed by atoms with Crippen molar-refractivity contribution in [2.45, 2.75) is 116 Å². The fourth-order valence-electron chi connectivity index (χ4n) is 25.3. The lowest BCUT2D eigenvalue weighted by atomic mass is 9.81. The van der Waals surface area contributed by atoms with E-state index in [-0.39, 0.29) is 32.5 Å². The van der Waals surface area contributed by atoms with Crippen molar-refractivity contribution in [2.24, 2.45) is 0 Å². The predicted octanol–water partition coefficient (Wildman–Crippen LogP) is 37.8. The molecule has 0 radical (unpaired) electrons. The van der Waals surface area contributed by atoms with Crippen LogP contribution in [0.2, 0.25) is 0 Å². The van der Waals surface area contributed by atoms with Gasteiger partial charge in [0.05, 0.1) is 5.69 Å². The molecule has 6 aliphatic rings. The maximum atomic E-state index is 2.50. The Balaban J connectivity index is 0.000000111. The summed E-state index contributed by atoms with van der Waals surface area (Å²) in [5, 5.41) is 7.62. The van der Waals surface area contributed by atoms with Crippen LogP contribution in [-0.4, -0.2) is 0 Å². The molecule has 21 aromatic carbocycles. The third kappa shape index (κ3) is 13.7. The lowest BCUT2D eigenvalue weighted by Gasteiger charge is -2.33. The van der Waals surface area contributed by atoms with Crippen molar-refractivity contribution >= 4 is 83.5 Å². The van der Waals surface area contributed by atoms with E-state index in [1.165, 1.54) is 233 Å². The summed E-state index contributed by atoms with van der Waals surface area (Å²) >= 11 is 0. The molecule has 678 valence electrons. The summed E-state index contributed by atoms with van der Waals surface area (Å²) in [6, 6.07) is 169. The molecule has 0 fully saturated rings. The van der Waals surface area contributed by atoms with Crippen molar-refractivity contribution in [1.29, 1.82) is 0 Å². The van der Waals surface area contributed by atoms with E-state index in [9.17, 15) is 0 Å². The second-order valence-corrected chi connectivity index (χ2v) is 42.6. The first kappa shape index (κ1) is 86.4. The van der Waals surface area contributed by atoms with Crippen LogP contribution in [0.5, 0.6) is 0 Å². The number of nitrogens with zero attached hydrogens (tertiary/aromatic N) is 3. The summed E-state index contributed by atoms with van der Waals surface area (Å²) in [6.45, 7) is 28.4. The van der Waals surface area contributed by atoms with Gasteiger partial charge in [0.1, 0.15) is 0 Å². The first-order valence-electron chi connectivity index (χ1n) is 50.1. The monoisotopic (exact) mass is 1810 g/mol. The van der Waals surface area contributed by atoms with E-state index in [0.29, 0.717) is 0 Å². The van der Waals surface area contributed by atoms with Gasteiger partial charge in [-0.2, -0.15) is 0 Å². The van der Waals surface area contributed by atoms with E-state index in [1.54, 1.807) is 0 Å². The van der Waals surface area contributed by atoms with E-state index < -0.39 is 0 Å². The van der Waals surface area contributed by atoms with Gasteiger partial charge in [-0.3, -0.25) is 0 Å². The zero-order valence-corrected chi connectivity index (χ0v) is 82.1. The number of rotatable bonds is 12. The van der Waals surface area contributed by atoms with Crippen LogP contribution >= 0.6 is 0 Å². The maximum Gasteiger partial charge on any atom is 0.0508 e. The molecule has 0 spiro atoms. The number of fused-ring (bicyclic) bond motifs is 21. The Morgan fingerprint density at radius 2 is 0.348 bits per heavy atom. The molecule has 0 saturated carbocycles. The van der Waals surface area contributed by atoms with Crippen LogP contribution in [0.15, 0.2) is 455 Å². The van der Waals surface area contributed by atoms with E-state index in [2.05, 4.69) is 553 Å². The summed E-state index contributed by atoms with van der Waals surface area (Å²) < 4.78 is 0. The average Bonchev–Trinajstić information content (AvgIpc) is 1.57. The van der Waals surface area contributed by atoms with Crippen molar-refractivity contribution < 1.29 is 0 Å². The van der Waals surface area contributed by atoms with Crippen LogP contribution in [0, 0.1) is 0 Å². The smallest absolute Gasteiger partial charge is 0.0508 e. The second-order valence-electron chi connectivity index (χ2n) is 42.6. The third-order valence-corrected chi connectivity index (χ3v) is 32.6. The largest absolute Gasteiger partial charge is 0.310 e. The van der Waals surface area contributed by atoms with Crippen LogP contribution in [0.3, 0.4) is 0 Å². The van der Waals surface area contributed by atoms with Gasteiger partial charge >= 0.3 is 0 Å². The Hall–Kier alpha value is -16.2. The van der Waals surface area contributed by atoms with Crippen LogP contribution in [0.4, 0.5) is 51.2 Å². The Kier molecular flexibility index (Phi) is 20.1. The summed E-state index contributed by atoms with van der Waals surface area (Å²) in [4.78, 5) is 7.39. The topological polar surface area (TPSA) is 9.72 Å². The maximum absolute atomic E-state index is 2.50. The zero-order valence-electron chi connectivity index (χ0n) is 82.1. The standard InChI is InChI=1S/3C46H37N/c1-45(2)40-20-9-7-16-36(40)38-28-27-33(29-42(38)45)47(43-22-12-19-39-37-17-8-10-21-41(37)46(3,4)44(39)43)32-25-23-31(24-26-32)35-18-11-14-30-13-5-6-15-34(30)35;1-45(2)42-19-10-8-16-38(42)40-28-33(25-27-43(40)45)47(34-24-26-39-37-15-7-9-18-41(37)46(3,4)44(39)29-34)32-22-20-31(21-23-32)36-17-11-13-30-12-5-6-14-35(30)36;1-45(2)41-18-9-7-15-37(41)39-26-24-33(28-43(39)45)47(34-25-27-40-38-16-8-10-19-42(38)46(3,4)44(40)29-34)32-22-20-31(21-23-32)36-17-11-13-30-12-5-6-14-35(30)36/h3*5-29H,1-4H3. The van der Waals surface area contributed by atoms with Crippen molar-refractivity contribution in [1.82, 2.24) is 0 Å². The van der Waals surface area contributed by atoms with Gasteiger partial charge in [-0.25, -0.2) is 0 Å². The summed E-state index contributed by atoms with van der Waals surface area (Å²) in [5.41, 5.74) is 50.3. The molecule has 0 heterocycles. The Morgan fingerprint density at radius 3 is 0.688 bits per heavy atom. The summed E-state index contributed by atoms with van der Waals surface area (Å²) in [5.74, 6) is 0. The highest BCUT2D eigenvalue weighted by molar-refractivity contribution is 6.02. The molecule has 0 amide bonds. The van der Waals surface area contributed by atoms with E-state index in [0.717, 1.165) is 17.1 Å². The molecule has 27 rings (SSSR count). The highest BCUT2D eigenvalue weighted by atomic mass is 15.2. The molecular formula is C138H111N3. The molecule has 6 aliphatic carbocycles. The fourth-order valence-corrected chi connectivity index (χ4v) is 25.3. The van der Waals surface area contributed by atoms with Crippen molar-refractivity contribution in [3.05, 3.63) is 522 Å². The van der Waals surface area contributed by atoms with E-state index in [1.807, 2.05) is 0 Å². The van der Waals surface area contributed by atoms with E-state index >= 15 is 0 Å². The predicted molar refractivity (Wildman–Crippen MR) is 598 cm³/mol. The number of anilines is 9. The van der Waals surface area contributed by atoms with Gasteiger partial charge in [0.2, 0.25) is 0 Å². The van der Waals surface area contributed by atoms with Crippen LogP contribution in [0.1, 0.15) is 150 Å². The first-order chi connectivity index (χ1) is 68.5. The van der Waals surface area contributed by atoms with Crippen molar-refractivity contribution in [3.63, 3.8) is 0 Å². The van der Waals surface area contributed by atoms with Crippen molar-refractivity contribution in [3.8, 4) is 100 Å². The second kappa shape index (κ2) is 32.7. The van der Waals surface area contributed by atoms with Crippen LogP contribution in [-0.2, 0) is 32.5 Å². The minimum absolute atomic E-state index is 0.0290. The van der Waals surface area contributed by atoms with Gasteiger partial charge in [-0.05, 0) is 302 Å². The Bertz CT molecular complexity index is 8540. The molecule has 21 aromatic rings. The van der Waals surface area contributed by atoms with Crippen LogP contribution < -0.4 is 14.7 Å². The lowest BCUT2D eigenvalue weighted by molar-refractivity contribution is 0.658. The SMILES string of the molecule is CC1(C)c2ccccc2-c2cc(N(c3ccc(-c4cccc5ccccc45)cc3)c3ccc4c(c3)C(C)(C)c3ccccc3-4)ccc21.CC1(C)c2ccccc2-c2ccc(N(c3ccc(-c4cccc5ccccc45)cc3)c3ccc4c(c3)C(C)(C)c3ccccc3-4)cc21.CC1(C)c2ccccc2-c2ccc(N(c3ccc(-c4cccc5ccccc45)cc3)c3cccc4c3C(C)(C)c3ccccc3-4)cc21. The molecule has 0 unspecified atom stereocenters. The van der Waals surface area contributed by atoms with Crippen LogP contribution in [0.25, 0.3) is 132 Å². The molecule has 0 atom stereocenters. The van der Waals surface area contributed by atoms with Gasteiger partial charge in [0.15, 0.2) is 0 Å². The minimum atomic E-state index is -0.143. The number of hydrogen-bond acceptors (Lipinski definition) is 3. The quantitative estimate of drug-likeness (QED) is 0.121. The summed E-state index contributed by atoms with van der Waals surface area (Å²) in [6.07, 6.45) is 0. The van der Waals surface area contributed by atoms with Gasteiger partial charge in [0, 0.05) is 78.0 Å². The van der Waals surface area contributed by atoms with Crippen molar-refractivity contribution in [2.75, 3.05) is 14.7 Å². The van der Waals surface area contributed by atoms with Gasteiger partial charge in [-0.1, -0.05) is 435 Å². The first-order valence-corrected chi connectivity index (χ1v) is 50.1. The molecule has 0 N–H and O–H groups in total.